The van der Waals surface area contributed by atoms with Crippen LogP contribution in [-0.2, 0) is 4.74 Å². The summed E-state index contributed by atoms with van der Waals surface area (Å²) in [5.41, 5.74) is 6.83. The van der Waals surface area contributed by atoms with Crippen molar-refractivity contribution in [1.29, 1.82) is 0 Å². The van der Waals surface area contributed by atoms with E-state index >= 15 is 0 Å². The molecule has 0 saturated carbocycles. The molecule has 15 heavy (non-hydrogen) atoms. The van der Waals surface area contributed by atoms with E-state index in [-0.39, 0.29) is 30.3 Å². The molecule has 1 atom stereocenters. The topological polar surface area (TPSA) is 47.6 Å². The van der Waals surface area contributed by atoms with Crippen LogP contribution in [-0.4, -0.2) is 12.6 Å². The first-order valence-electron chi connectivity index (χ1n) is 4.39. The van der Waals surface area contributed by atoms with E-state index in [1.54, 1.807) is 13.0 Å². The third-order valence-corrected chi connectivity index (χ3v) is 2.34. The number of hydrogen-bond donors (Lipinski definition) is 1. The largest absolute Gasteiger partial charge is 0.463 e. The molecule has 1 heterocycles. The van der Waals surface area contributed by atoms with Gasteiger partial charge in [-0.1, -0.05) is 12.1 Å². The Balaban J connectivity index is 0.00000112. The fourth-order valence-corrected chi connectivity index (χ4v) is 1.54. The van der Waals surface area contributed by atoms with Gasteiger partial charge >= 0.3 is 0 Å². The van der Waals surface area contributed by atoms with Gasteiger partial charge in [-0.2, -0.15) is 0 Å². The summed E-state index contributed by atoms with van der Waals surface area (Å²) in [6.07, 6.45) is 0. The number of amidine groups is 1. The Labute approximate surface area is 93.6 Å². The van der Waals surface area contributed by atoms with Crippen LogP contribution in [0.2, 0.25) is 0 Å². The first kappa shape index (κ1) is 11.8. The van der Waals surface area contributed by atoms with Gasteiger partial charge in [-0.05, 0) is 24.1 Å². The molecule has 0 amide bonds. The summed E-state index contributed by atoms with van der Waals surface area (Å²) >= 11 is 0. The maximum atomic E-state index is 13.2. The number of nitrogens with zero attached hydrogens (tertiary/aromatic N) is 1. The molecule has 82 valence electrons. The van der Waals surface area contributed by atoms with Crippen LogP contribution in [0.3, 0.4) is 0 Å². The minimum absolute atomic E-state index is 0. The van der Waals surface area contributed by atoms with Crippen LogP contribution in [0.15, 0.2) is 23.2 Å². The van der Waals surface area contributed by atoms with Crippen molar-refractivity contribution in [2.75, 3.05) is 6.61 Å². The Bertz CT molecular complexity index is 395. The standard InChI is InChI=1S/C10H11FN2O.ClH/c1-6-7(3-2-4-8(6)11)9-5-14-10(12)13-9;/h2-4,9H,5H2,1H3,(H2,12,13);1H/t9-;/m1./s1. The summed E-state index contributed by atoms with van der Waals surface area (Å²) in [5, 5.41) is 0. The van der Waals surface area contributed by atoms with Gasteiger partial charge in [0, 0.05) is 0 Å². The lowest BCUT2D eigenvalue weighted by molar-refractivity contribution is 0.314. The second-order valence-electron chi connectivity index (χ2n) is 3.25. The van der Waals surface area contributed by atoms with Gasteiger partial charge in [-0.15, -0.1) is 12.4 Å². The lowest BCUT2D eigenvalue weighted by atomic mass is 10.0. The minimum Gasteiger partial charge on any atom is -0.463 e. The monoisotopic (exact) mass is 230 g/mol. The van der Waals surface area contributed by atoms with E-state index < -0.39 is 0 Å². The Hall–Kier alpha value is -1.29. The van der Waals surface area contributed by atoms with Gasteiger partial charge in [-0.3, -0.25) is 0 Å². The van der Waals surface area contributed by atoms with Crippen molar-refractivity contribution in [3.63, 3.8) is 0 Å². The summed E-state index contributed by atoms with van der Waals surface area (Å²) in [7, 11) is 0. The Morgan fingerprint density at radius 2 is 2.27 bits per heavy atom. The molecule has 0 aliphatic carbocycles. The van der Waals surface area contributed by atoms with Crippen molar-refractivity contribution < 1.29 is 9.13 Å². The Kier molecular flexibility index (Phi) is 3.52. The smallest absolute Gasteiger partial charge is 0.282 e. The zero-order valence-electron chi connectivity index (χ0n) is 8.24. The summed E-state index contributed by atoms with van der Waals surface area (Å²) in [6.45, 7) is 2.13. The molecule has 2 N–H and O–H groups in total. The highest BCUT2D eigenvalue weighted by Gasteiger charge is 2.21. The first-order chi connectivity index (χ1) is 6.68. The predicted octanol–water partition coefficient (Wildman–Crippen LogP) is 1.94. The van der Waals surface area contributed by atoms with Crippen LogP contribution >= 0.6 is 12.4 Å². The highest BCUT2D eigenvalue weighted by molar-refractivity contribution is 5.85. The second-order valence-corrected chi connectivity index (χ2v) is 3.25. The Morgan fingerprint density at radius 1 is 1.53 bits per heavy atom. The van der Waals surface area contributed by atoms with Gasteiger partial charge in [0.05, 0.1) is 0 Å². The molecule has 2 rings (SSSR count). The summed E-state index contributed by atoms with van der Waals surface area (Å²) in [6, 6.07) is 4.96. The third-order valence-electron chi connectivity index (χ3n) is 2.34. The second kappa shape index (κ2) is 4.49. The molecule has 1 aromatic carbocycles. The number of halogens is 2. The number of aliphatic imine (C=N–C) groups is 1. The lowest BCUT2D eigenvalue weighted by Crippen LogP contribution is -2.10. The van der Waals surface area contributed by atoms with E-state index in [0.29, 0.717) is 12.2 Å². The molecule has 0 radical (unpaired) electrons. The molecule has 0 spiro atoms. The summed E-state index contributed by atoms with van der Waals surface area (Å²) < 4.78 is 18.2. The SMILES string of the molecule is Cc1c(F)cccc1[C@H]1COC(N)=N1.Cl. The van der Waals surface area contributed by atoms with Crippen molar-refractivity contribution in [2.24, 2.45) is 10.7 Å². The molecule has 1 aliphatic heterocycles. The van der Waals surface area contributed by atoms with Gasteiger partial charge < -0.3 is 10.5 Å². The summed E-state index contributed by atoms with van der Waals surface area (Å²) in [5.74, 6) is -0.219. The number of nitrogens with two attached hydrogens (primary N) is 1. The first-order valence-corrected chi connectivity index (χ1v) is 4.39. The van der Waals surface area contributed by atoms with Crippen LogP contribution in [0.5, 0.6) is 0 Å². The minimum atomic E-state index is -0.219. The van der Waals surface area contributed by atoms with Crippen LogP contribution < -0.4 is 5.73 Å². The van der Waals surface area contributed by atoms with Crippen molar-refractivity contribution >= 4 is 18.4 Å². The van der Waals surface area contributed by atoms with Crippen LogP contribution in [0.1, 0.15) is 17.2 Å². The average molecular weight is 231 g/mol. The zero-order valence-corrected chi connectivity index (χ0v) is 9.05. The lowest BCUT2D eigenvalue weighted by Gasteiger charge is -2.09. The maximum Gasteiger partial charge on any atom is 0.282 e. The highest BCUT2D eigenvalue weighted by Crippen LogP contribution is 2.26. The van der Waals surface area contributed by atoms with E-state index in [4.69, 9.17) is 10.5 Å². The molecule has 1 aromatic rings. The van der Waals surface area contributed by atoms with Crippen LogP contribution in [0, 0.1) is 12.7 Å². The summed E-state index contributed by atoms with van der Waals surface area (Å²) in [4.78, 5) is 4.07. The van der Waals surface area contributed by atoms with Crippen LogP contribution in [0.4, 0.5) is 4.39 Å². The van der Waals surface area contributed by atoms with E-state index in [2.05, 4.69) is 4.99 Å². The molecule has 0 saturated heterocycles. The highest BCUT2D eigenvalue weighted by atomic mass is 35.5. The van der Waals surface area contributed by atoms with Crippen LogP contribution in [0.25, 0.3) is 0 Å². The molecule has 1 aliphatic rings. The van der Waals surface area contributed by atoms with E-state index in [0.717, 1.165) is 5.56 Å². The van der Waals surface area contributed by atoms with Gasteiger partial charge in [0.1, 0.15) is 18.5 Å². The van der Waals surface area contributed by atoms with Crippen molar-refractivity contribution in [2.45, 2.75) is 13.0 Å². The molecule has 0 unspecified atom stereocenters. The van der Waals surface area contributed by atoms with E-state index in [9.17, 15) is 4.39 Å². The molecule has 5 heteroatoms. The number of ether oxygens (including phenoxy) is 1. The molecule has 0 fully saturated rings. The molecule has 0 aromatic heterocycles. The molecular formula is C10H12ClFN2O. The normalized spacial score (nSPS) is 19.1. The van der Waals surface area contributed by atoms with Crippen molar-refractivity contribution in [3.8, 4) is 0 Å². The molecular weight excluding hydrogens is 219 g/mol. The van der Waals surface area contributed by atoms with Crippen molar-refractivity contribution in [3.05, 3.63) is 35.1 Å². The molecule has 0 bridgehead atoms. The Morgan fingerprint density at radius 3 is 2.87 bits per heavy atom. The fourth-order valence-electron chi connectivity index (χ4n) is 1.54. The van der Waals surface area contributed by atoms with Crippen molar-refractivity contribution in [1.82, 2.24) is 0 Å². The zero-order chi connectivity index (χ0) is 10.1. The fraction of sp³-hybridized carbons (Fsp3) is 0.300. The van der Waals surface area contributed by atoms with Gasteiger partial charge in [0.2, 0.25) is 0 Å². The van der Waals surface area contributed by atoms with E-state index in [1.807, 2.05) is 6.07 Å². The quantitative estimate of drug-likeness (QED) is 0.802. The van der Waals surface area contributed by atoms with Gasteiger partial charge in [0.15, 0.2) is 0 Å². The maximum absolute atomic E-state index is 13.2. The third kappa shape index (κ3) is 2.21. The predicted molar refractivity (Wildman–Crippen MR) is 58.7 cm³/mol. The van der Waals surface area contributed by atoms with Gasteiger partial charge in [-0.25, -0.2) is 9.38 Å². The molecule has 3 nitrogen and oxygen atoms in total. The number of hydrogen-bond acceptors (Lipinski definition) is 3. The number of benzene rings is 1. The average Bonchev–Trinajstić information content (AvgIpc) is 2.57. The number of rotatable bonds is 1. The van der Waals surface area contributed by atoms with E-state index in [1.165, 1.54) is 6.07 Å². The van der Waals surface area contributed by atoms with Gasteiger partial charge in [0.25, 0.3) is 6.02 Å².